The number of furan rings is 1. The van der Waals surface area contributed by atoms with Crippen LogP contribution in [-0.4, -0.2) is 18.8 Å². The van der Waals surface area contributed by atoms with E-state index in [9.17, 15) is 13.6 Å². The number of carbonyl (C=O) groups is 1. The number of hydrogen-bond acceptors (Lipinski definition) is 4. The van der Waals surface area contributed by atoms with Gasteiger partial charge in [0, 0.05) is 15.8 Å². The Labute approximate surface area is 147 Å². The Hall–Kier alpha value is -2.54. The van der Waals surface area contributed by atoms with E-state index < -0.39 is 11.7 Å². The standard InChI is InChI=1S/C18H15F2NO3S/c1-10-12-9-11(23-2)7-8-14(12)24-16(10)17(22)21-13-5-3-4-6-15(13)25-18(19)20/h3-9,18H,1-2H3,(H,21,22). The smallest absolute Gasteiger partial charge is 0.291 e. The van der Waals surface area contributed by atoms with Gasteiger partial charge in [0.15, 0.2) is 5.76 Å². The average molecular weight is 363 g/mol. The molecule has 1 N–H and O–H groups in total. The summed E-state index contributed by atoms with van der Waals surface area (Å²) in [5.41, 5.74) is 1.53. The molecule has 0 unspecified atom stereocenters. The van der Waals surface area contributed by atoms with Gasteiger partial charge in [-0.2, -0.15) is 8.78 Å². The first-order chi connectivity index (χ1) is 12.0. The lowest BCUT2D eigenvalue weighted by Crippen LogP contribution is -2.12. The molecule has 1 aromatic heterocycles. The van der Waals surface area contributed by atoms with E-state index in [0.29, 0.717) is 39.2 Å². The van der Waals surface area contributed by atoms with Gasteiger partial charge in [0.2, 0.25) is 0 Å². The lowest BCUT2D eigenvalue weighted by Gasteiger charge is -2.09. The van der Waals surface area contributed by atoms with Crippen molar-refractivity contribution in [1.82, 2.24) is 0 Å². The maximum absolute atomic E-state index is 12.7. The molecule has 0 aliphatic heterocycles. The molecule has 3 aromatic rings. The highest BCUT2D eigenvalue weighted by Gasteiger charge is 2.20. The van der Waals surface area contributed by atoms with Gasteiger partial charge in [-0.1, -0.05) is 23.9 Å². The first-order valence-electron chi connectivity index (χ1n) is 7.42. The summed E-state index contributed by atoms with van der Waals surface area (Å²) in [6, 6.07) is 11.7. The molecule has 0 fully saturated rings. The second-order valence-corrected chi connectivity index (χ2v) is 6.28. The maximum Gasteiger partial charge on any atom is 0.291 e. The zero-order valence-electron chi connectivity index (χ0n) is 13.5. The lowest BCUT2D eigenvalue weighted by atomic mass is 10.1. The molecule has 0 saturated carbocycles. The number of hydrogen-bond donors (Lipinski definition) is 1. The fraction of sp³-hybridized carbons (Fsp3) is 0.167. The molecule has 1 heterocycles. The summed E-state index contributed by atoms with van der Waals surface area (Å²) in [4.78, 5) is 12.9. The SMILES string of the molecule is COc1ccc2oc(C(=O)Nc3ccccc3SC(F)F)c(C)c2c1. The molecular formula is C18H15F2NO3S. The van der Waals surface area contributed by atoms with E-state index in [4.69, 9.17) is 9.15 Å². The Kier molecular flexibility index (Phi) is 4.94. The van der Waals surface area contributed by atoms with Crippen LogP contribution in [0.1, 0.15) is 16.1 Å². The van der Waals surface area contributed by atoms with E-state index in [0.717, 1.165) is 5.39 Å². The van der Waals surface area contributed by atoms with Crippen molar-refractivity contribution in [3.8, 4) is 5.75 Å². The Bertz CT molecular complexity index is 924. The number of halogens is 2. The Morgan fingerprint density at radius 3 is 2.72 bits per heavy atom. The summed E-state index contributed by atoms with van der Waals surface area (Å²) in [6.45, 7) is 1.76. The van der Waals surface area contributed by atoms with Crippen molar-refractivity contribution in [3.63, 3.8) is 0 Å². The summed E-state index contributed by atoms with van der Waals surface area (Å²) >= 11 is 0.381. The molecular weight excluding hydrogens is 348 g/mol. The first-order valence-corrected chi connectivity index (χ1v) is 8.30. The molecule has 3 rings (SSSR count). The molecule has 2 aromatic carbocycles. The topological polar surface area (TPSA) is 51.5 Å². The average Bonchev–Trinajstić information content (AvgIpc) is 2.92. The van der Waals surface area contributed by atoms with E-state index in [-0.39, 0.29) is 5.76 Å². The number of para-hydroxylation sites is 1. The van der Waals surface area contributed by atoms with Gasteiger partial charge in [-0.15, -0.1) is 0 Å². The number of amides is 1. The number of carbonyl (C=O) groups excluding carboxylic acids is 1. The number of fused-ring (bicyclic) bond motifs is 1. The predicted octanol–water partition coefficient (Wildman–Crippen LogP) is 5.32. The van der Waals surface area contributed by atoms with Crippen LogP contribution in [0.3, 0.4) is 0 Å². The van der Waals surface area contributed by atoms with Gasteiger partial charge < -0.3 is 14.5 Å². The van der Waals surface area contributed by atoms with E-state index >= 15 is 0 Å². The number of ether oxygens (including phenoxy) is 1. The van der Waals surface area contributed by atoms with Gasteiger partial charge >= 0.3 is 0 Å². The number of thioether (sulfide) groups is 1. The van der Waals surface area contributed by atoms with Crippen LogP contribution in [0.5, 0.6) is 5.75 Å². The van der Waals surface area contributed by atoms with Gasteiger partial charge in [-0.25, -0.2) is 0 Å². The van der Waals surface area contributed by atoms with Gasteiger partial charge in [0.25, 0.3) is 11.7 Å². The second-order valence-electron chi connectivity index (χ2n) is 5.25. The van der Waals surface area contributed by atoms with Crippen molar-refractivity contribution in [2.45, 2.75) is 17.6 Å². The molecule has 7 heteroatoms. The van der Waals surface area contributed by atoms with Crippen LogP contribution < -0.4 is 10.1 Å². The molecule has 1 amide bonds. The number of anilines is 1. The molecule has 0 radical (unpaired) electrons. The number of rotatable bonds is 5. The quantitative estimate of drug-likeness (QED) is 0.624. The molecule has 25 heavy (non-hydrogen) atoms. The summed E-state index contributed by atoms with van der Waals surface area (Å²) in [6.07, 6.45) is 0. The van der Waals surface area contributed by atoms with E-state index in [1.54, 1.807) is 50.4 Å². The third-order valence-electron chi connectivity index (χ3n) is 3.70. The Morgan fingerprint density at radius 1 is 1.24 bits per heavy atom. The minimum Gasteiger partial charge on any atom is -0.497 e. The maximum atomic E-state index is 12.7. The zero-order chi connectivity index (χ0) is 18.0. The zero-order valence-corrected chi connectivity index (χ0v) is 14.3. The number of methoxy groups -OCH3 is 1. The highest BCUT2D eigenvalue weighted by molar-refractivity contribution is 7.99. The van der Waals surface area contributed by atoms with Crippen LogP contribution in [-0.2, 0) is 0 Å². The first kappa shape index (κ1) is 17.3. The van der Waals surface area contributed by atoms with Crippen LogP contribution in [0, 0.1) is 6.92 Å². The van der Waals surface area contributed by atoms with E-state index in [1.807, 2.05) is 0 Å². The van der Waals surface area contributed by atoms with Crippen molar-refractivity contribution >= 4 is 34.3 Å². The number of aryl methyl sites for hydroxylation is 1. The van der Waals surface area contributed by atoms with Gasteiger partial charge in [-0.05, 0) is 37.3 Å². The Morgan fingerprint density at radius 2 is 2.00 bits per heavy atom. The van der Waals surface area contributed by atoms with Crippen LogP contribution >= 0.6 is 11.8 Å². The fourth-order valence-electron chi connectivity index (χ4n) is 2.49. The summed E-state index contributed by atoms with van der Waals surface area (Å²) in [5.74, 6) is -2.27. The molecule has 0 aliphatic rings. The van der Waals surface area contributed by atoms with Crippen LogP contribution in [0.2, 0.25) is 0 Å². The Balaban J connectivity index is 1.92. The third-order valence-corrected chi connectivity index (χ3v) is 4.49. The summed E-state index contributed by atoms with van der Waals surface area (Å²) in [5, 5.41) is 3.41. The highest BCUT2D eigenvalue weighted by atomic mass is 32.2. The molecule has 4 nitrogen and oxygen atoms in total. The highest BCUT2D eigenvalue weighted by Crippen LogP contribution is 2.33. The second kappa shape index (κ2) is 7.14. The fourth-order valence-corrected chi connectivity index (χ4v) is 3.09. The minimum absolute atomic E-state index is 0.139. The molecule has 130 valence electrons. The van der Waals surface area contributed by atoms with Gasteiger partial charge in [0.05, 0.1) is 12.8 Å². The lowest BCUT2D eigenvalue weighted by molar-refractivity contribution is 0.0997. The molecule has 0 aliphatic carbocycles. The number of alkyl halides is 2. The molecule has 0 atom stereocenters. The van der Waals surface area contributed by atoms with Crippen LogP contribution in [0.4, 0.5) is 14.5 Å². The van der Waals surface area contributed by atoms with Crippen molar-refractivity contribution in [3.05, 3.63) is 53.8 Å². The minimum atomic E-state index is -2.57. The third kappa shape index (κ3) is 3.61. The predicted molar refractivity (Wildman–Crippen MR) is 93.8 cm³/mol. The molecule has 0 bridgehead atoms. The van der Waals surface area contributed by atoms with Crippen LogP contribution in [0.15, 0.2) is 51.8 Å². The summed E-state index contributed by atoms with van der Waals surface area (Å²) in [7, 11) is 1.56. The van der Waals surface area contributed by atoms with Gasteiger partial charge in [0.1, 0.15) is 11.3 Å². The van der Waals surface area contributed by atoms with Crippen molar-refractivity contribution in [1.29, 1.82) is 0 Å². The number of benzene rings is 2. The van der Waals surface area contributed by atoms with Crippen molar-refractivity contribution in [2.75, 3.05) is 12.4 Å². The van der Waals surface area contributed by atoms with E-state index in [2.05, 4.69) is 5.32 Å². The monoisotopic (exact) mass is 363 g/mol. The largest absolute Gasteiger partial charge is 0.497 e. The molecule has 0 spiro atoms. The normalized spacial score (nSPS) is 11.1. The van der Waals surface area contributed by atoms with Crippen molar-refractivity contribution in [2.24, 2.45) is 0 Å². The van der Waals surface area contributed by atoms with Gasteiger partial charge in [-0.3, -0.25) is 4.79 Å². The van der Waals surface area contributed by atoms with Crippen LogP contribution in [0.25, 0.3) is 11.0 Å². The number of nitrogens with one attached hydrogen (secondary N) is 1. The van der Waals surface area contributed by atoms with E-state index in [1.165, 1.54) is 6.07 Å². The molecule has 0 saturated heterocycles. The van der Waals surface area contributed by atoms with Crippen molar-refractivity contribution < 1.29 is 22.7 Å². The summed E-state index contributed by atoms with van der Waals surface area (Å²) < 4.78 is 36.1.